The number of anilines is 1. The summed E-state index contributed by atoms with van der Waals surface area (Å²) < 4.78 is 5.47. The van der Waals surface area contributed by atoms with Crippen LogP contribution in [0, 0.1) is 29.6 Å². The molecular formula is C18H23NO3. The predicted octanol–water partition coefficient (Wildman–Crippen LogP) is 2.81. The number of benzene rings is 1. The molecule has 1 aromatic carbocycles. The van der Waals surface area contributed by atoms with E-state index in [2.05, 4.69) is 5.32 Å². The number of hydrogen-bond donors (Lipinski definition) is 2. The molecule has 3 saturated carbocycles. The highest BCUT2D eigenvalue weighted by Crippen LogP contribution is 2.69. The van der Waals surface area contributed by atoms with Gasteiger partial charge >= 0.3 is 0 Å². The first-order valence-corrected chi connectivity index (χ1v) is 8.40. The van der Waals surface area contributed by atoms with Crippen LogP contribution in [0.5, 0.6) is 5.75 Å². The second-order valence-corrected chi connectivity index (χ2v) is 6.92. The number of hydrogen-bond acceptors (Lipinski definition) is 3. The number of rotatable bonds is 5. The van der Waals surface area contributed by atoms with Crippen molar-refractivity contribution in [3.05, 3.63) is 23.8 Å². The molecule has 4 nitrogen and oxygen atoms in total. The first kappa shape index (κ1) is 14.1. The number of amides is 1. The van der Waals surface area contributed by atoms with Crippen molar-refractivity contribution in [1.29, 1.82) is 0 Å². The minimum atomic E-state index is -0.0854. The van der Waals surface area contributed by atoms with E-state index in [1.54, 1.807) is 0 Å². The van der Waals surface area contributed by atoms with Crippen molar-refractivity contribution in [2.24, 2.45) is 29.6 Å². The highest BCUT2D eigenvalue weighted by atomic mass is 16.5. The molecule has 0 radical (unpaired) electrons. The average Bonchev–Trinajstić information content (AvgIpc) is 2.97. The van der Waals surface area contributed by atoms with Crippen molar-refractivity contribution in [3.8, 4) is 5.75 Å². The third kappa shape index (κ3) is 2.12. The molecule has 0 saturated heterocycles. The molecule has 22 heavy (non-hydrogen) atoms. The zero-order valence-corrected chi connectivity index (χ0v) is 12.9. The predicted molar refractivity (Wildman–Crippen MR) is 83.5 cm³/mol. The fourth-order valence-electron chi connectivity index (χ4n) is 4.98. The van der Waals surface area contributed by atoms with Gasteiger partial charge in [0.25, 0.3) is 0 Å². The molecule has 3 aliphatic carbocycles. The summed E-state index contributed by atoms with van der Waals surface area (Å²) in [6, 6.07) is 5.49. The zero-order chi connectivity index (χ0) is 15.3. The van der Waals surface area contributed by atoms with Crippen LogP contribution in [0.4, 0.5) is 5.69 Å². The van der Waals surface area contributed by atoms with Crippen LogP contribution in [0.25, 0.3) is 0 Å². The van der Waals surface area contributed by atoms with Gasteiger partial charge in [-0.1, -0.05) is 0 Å². The second-order valence-electron chi connectivity index (χ2n) is 6.92. The van der Waals surface area contributed by atoms with Crippen molar-refractivity contribution < 1.29 is 14.6 Å². The molecule has 3 aliphatic rings. The Morgan fingerprint density at radius 3 is 2.68 bits per heavy atom. The van der Waals surface area contributed by atoms with E-state index in [1.165, 1.54) is 19.3 Å². The molecule has 0 spiro atoms. The lowest BCUT2D eigenvalue weighted by molar-refractivity contribution is -0.118. The molecule has 4 rings (SSSR count). The molecule has 4 atom stereocenters. The normalized spacial score (nSPS) is 34.4. The molecule has 3 fully saturated rings. The lowest BCUT2D eigenvalue weighted by Gasteiger charge is -2.13. The number of nitrogens with one attached hydrogen (secondary N) is 1. The summed E-state index contributed by atoms with van der Waals surface area (Å²) in [6.07, 6.45) is 4.01. The van der Waals surface area contributed by atoms with Crippen molar-refractivity contribution in [1.82, 2.24) is 0 Å². The maximum Gasteiger partial charge on any atom is 0.228 e. The average molecular weight is 301 g/mol. The van der Waals surface area contributed by atoms with Gasteiger partial charge in [-0.2, -0.15) is 0 Å². The van der Waals surface area contributed by atoms with Gasteiger partial charge in [-0.15, -0.1) is 0 Å². The summed E-state index contributed by atoms with van der Waals surface area (Å²) in [5, 5.41) is 12.5. The summed E-state index contributed by atoms with van der Waals surface area (Å²) in [6.45, 7) is 2.39. The van der Waals surface area contributed by atoms with Crippen LogP contribution in [0.3, 0.4) is 0 Å². The quantitative estimate of drug-likeness (QED) is 0.879. The lowest BCUT2D eigenvalue weighted by atomic mass is 10.0. The molecule has 0 heterocycles. The van der Waals surface area contributed by atoms with E-state index in [0.29, 0.717) is 24.2 Å². The lowest BCUT2D eigenvalue weighted by Crippen LogP contribution is -2.18. The van der Waals surface area contributed by atoms with Crippen LogP contribution in [-0.4, -0.2) is 17.6 Å². The van der Waals surface area contributed by atoms with E-state index >= 15 is 0 Å². The number of fused-ring (bicyclic) bond motifs is 5. The third-order valence-electron chi connectivity index (χ3n) is 5.84. The van der Waals surface area contributed by atoms with Crippen LogP contribution in [0.1, 0.15) is 31.7 Å². The number of aliphatic hydroxyl groups is 1. The highest BCUT2D eigenvalue weighted by molar-refractivity contribution is 5.95. The maximum absolute atomic E-state index is 12.5. The minimum absolute atomic E-state index is 0.0854. The van der Waals surface area contributed by atoms with Crippen molar-refractivity contribution in [2.45, 2.75) is 32.8 Å². The Hall–Kier alpha value is -1.55. The Labute approximate surface area is 130 Å². The summed E-state index contributed by atoms with van der Waals surface area (Å²) in [4.78, 5) is 12.5. The van der Waals surface area contributed by atoms with Gasteiger partial charge < -0.3 is 15.2 Å². The van der Waals surface area contributed by atoms with Gasteiger partial charge in [0.1, 0.15) is 5.75 Å². The Balaban J connectivity index is 1.44. The largest absolute Gasteiger partial charge is 0.494 e. The summed E-state index contributed by atoms with van der Waals surface area (Å²) in [5.41, 5.74) is 1.48. The van der Waals surface area contributed by atoms with Gasteiger partial charge in [0.15, 0.2) is 0 Å². The molecule has 0 aromatic heterocycles. The van der Waals surface area contributed by atoms with E-state index in [4.69, 9.17) is 4.74 Å². The SMILES string of the molecule is CCOc1ccc(NC(=O)C2C3C4CCC(C4)C23)cc1CO. The first-order chi connectivity index (χ1) is 10.7. The molecule has 0 aliphatic heterocycles. The van der Waals surface area contributed by atoms with E-state index in [9.17, 15) is 9.90 Å². The fourth-order valence-corrected chi connectivity index (χ4v) is 4.98. The molecule has 1 aromatic rings. The number of carbonyl (C=O) groups is 1. The van der Waals surface area contributed by atoms with Crippen molar-refractivity contribution in [3.63, 3.8) is 0 Å². The monoisotopic (exact) mass is 301 g/mol. The standard InChI is InChI=1S/C18H23NO3/c1-2-22-14-6-5-13(8-12(14)9-20)19-18(21)17-15-10-3-4-11(7-10)16(15)17/h5-6,8,10-11,15-17,20H,2-4,7,9H2,1H3,(H,19,21). The van der Waals surface area contributed by atoms with Crippen LogP contribution in [0.2, 0.25) is 0 Å². The number of ether oxygens (including phenoxy) is 1. The smallest absolute Gasteiger partial charge is 0.228 e. The fraction of sp³-hybridized carbons (Fsp3) is 0.611. The molecule has 2 bridgehead atoms. The van der Waals surface area contributed by atoms with Crippen molar-refractivity contribution in [2.75, 3.05) is 11.9 Å². The summed E-state index contributed by atoms with van der Waals surface area (Å²) in [5.74, 6) is 4.00. The van der Waals surface area contributed by atoms with Gasteiger partial charge in [-0.3, -0.25) is 4.79 Å². The summed E-state index contributed by atoms with van der Waals surface area (Å²) >= 11 is 0. The minimum Gasteiger partial charge on any atom is -0.494 e. The zero-order valence-electron chi connectivity index (χ0n) is 12.9. The van der Waals surface area contributed by atoms with E-state index in [1.807, 2.05) is 25.1 Å². The Bertz CT molecular complexity index is 584. The Morgan fingerprint density at radius 2 is 2.05 bits per heavy atom. The molecule has 118 valence electrons. The maximum atomic E-state index is 12.5. The van der Waals surface area contributed by atoms with E-state index in [0.717, 1.165) is 23.1 Å². The van der Waals surface area contributed by atoms with Crippen LogP contribution in [0.15, 0.2) is 18.2 Å². The molecule has 1 amide bonds. The molecule has 4 unspecified atom stereocenters. The van der Waals surface area contributed by atoms with Crippen LogP contribution in [-0.2, 0) is 11.4 Å². The van der Waals surface area contributed by atoms with Crippen molar-refractivity contribution >= 4 is 11.6 Å². The highest BCUT2D eigenvalue weighted by Gasteiger charge is 2.67. The van der Waals surface area contributed by atoms with Crippen LogP contribution < -0.4 is 10.1 Å². The Kier molecular flexibility index (Phi) is 3.37. The van der Waals surface area contributed by atoms with Crippen LogP contribution >= 0.6 is 0 Å². The van der Waals surface area contributed by atoms with Gasteiger partial charge in [0.05, 0.1) is 13.2 Å². The molecular weight excluding hydrogens is 278 g/mol. The number of aliphatic hydroxyl groups excluding tert-OH is 1. The second kappa shape index (κ2) is 5.27. The molecule has 2 N–H and O–H groups in total. The van der Waals surface area contributed by atoms with Gasteiger partial charge in [-0.05, 0) is 68.1 Å². The van der Waals surface area contributed by atoms with E-state index in [-0.39, 0.29) is 18.4 Å². The third-order valence-corrected chi connectivity index (χ3v) is 5.84. The van der Waals surface area contributed by atoms with E-state index < -0.39 is 0 Å². The van der Waals surface area contributed by atoms with Gasteiger partial charge in [0.2, 0.25) is 5.91 Å². The Morgan fingerprint density at radius 1 is 1.32 bits per heavy atom. The van der Waals surface area contributed by atoms with Gasteiger partial charge in [0, 0.05) is 17.2 Å². The number of carbonyl (C=O) groups excluding carboxylic acids is 1. The molecule has 4 heteroatoms. The first-order valence-electron chi connectivity index (χ1n) is 8.40. The van der Waals surface area contributed by atoms with Gasteiger partial charge in [-0.25, -0.2) is 0 Å². The topological polar surface area (TPSA) is 58.6 Å². The summed E-state index contributed by atoms with van der Waals surface area (Å²) in [7, 11) is 0.